The van der Waals surface area contributed by atoms with Crippen molar-refractivity contribution >= 4 is 5.91 Å². The molecule has 2 aromatic carbocycles. The molecule has 1 fully saturated rings. The maximum Gasteiger partial charge on any atom is 0.254 e. The highest BCUT2D eigenvalue weighted by atomic mass is 19.1. The smallest absolute Gasteiger partial charge is 0.254 e. The molecule has 0 atom stereocenters. The van der Waals surface area contributed by atoms with Gasteiger partial charge in [0.25, 0.3) is 5.91 Å². The molecule has 0 unspecified atom stereocenters. The van der Waals surface area contributed by atoms with Gasteiger partial charge in [0.2, 0.25) is 0 Å². The molecule has 1 aliphatic heterocycles. The number of piperidine rings is 1. The van der Waals surface area contributed by atoms with Crippen LogP contribution in [0.15, 0.2) is 42.5 Å². The fourth-order valence-corrected chi connectivity index (χ4v) is 2.85. The van der Waals surface area contributed by atoms with Crippen molar-refractivity contribution in [1.29, 1.82) is 0 Å². The minimum absolute atomic E-state index is 0.111. The lowest BCUT2D eigenvalue weighted by molar-refractivity contribution is 0.0925. The van der Waals surface area contributed by atoms with Gasteiger partial charge >= 0.3 is 0 Å². The van der Waals surface area contributed by atoms with Crippen LogP contribution in [0.2, 0.25) is 0 Å². The average molecular weight is 312 g/mol. The molecule has 0 radical (unpaired) electrons. The fraction of sp³-hybridized carbons (Fsp3) is 0.316. The van der Waals surface area contributed by atoms with E-state index in [2.05, 4.69) is 10.6 Å². The van der Waals surface area contributed by atoms with Crippen molar-refractivity contribution in [1.82, 2.24) is 10.6 Å². The van der Waals surface area contributed by atoms with Gasteiger partial charge in [-0.3, -0.25) is 4.79 Å². The summed E-state index contributed by atoms with van der Waals surface area (Å²) in [6.07, 6.45) is 1.77. The van der Waals surface area contributed by atoms with Crippen molar-refractivity contribution in [2.45, 2.75) is 25.8 Å². The summed E-state index contributed by atoms with van der Waals surface area (Å²) >= 11 is 0. The normalized spacial score (nSPS) is 15.4. The van der Waals surface area contributed by atoms with Crippen LogP contribution < -0.4 is 10.6 Å². The molecule has 23 heavy (non-hydrogen) atoms. The lowest BCUT2D eigenvalue weighted by Crippen LogP contribution is -2.42. The van der Waals surface area contributed by atoms with Gasteiger partial charge in [-0.25, -0.2) is 4.39 Å². The molecule has 1 heterocycles. The van der Waals surface area contributed by atoms with E-state index in [1.165, 1.54) is 6.07 Å². The summed E-state index contributed by atoms with van der Waals surface area (Å²) in [7, 11) is 0. The average Bonchev–Trinajstić information content (AvgIpc) is 2.56. The molecule has 3 nitrogen and oxygen atoms in total. The van der Waals surface area contributed by atoms with Crippen molar-refractivity contribution < 1.29 is 9.18 Å². The van der Waals surface area contributed by atoms with Gasteiger partial charge < -0.3 is 10.6 Å². The molecule has 0 aromatic heterocycles. The highest BCUT2D eigenvalue weighted by Gasteiger charge is 2.18. The predicted octanol–water partition coefficient (Wildman–Crippen LogP) is 3.28. The Labute approximate surface area is 135 Å². The van der Waals surface area contributed by atoms with E-state index in [-0.39, 0.29) is 17.5 Å². The third-order valence-electron chi connectivity index (χ3n) is 4.27. The lowest BCUT2D eigenvalue weighted by Gasteiger charge is -2.23. The minimum Gasteiger partial charge on any atom is -0.349 e. The van der Waals surface area contributed by atoms with Crippen molar-refractivity contribution in [3.63, 3.8) is 0 Å². The molecule has 1 saturated heterocycles. The van der Waals surface area contributed by atoms with Crippen LogP contribution in [0.3, 0.4) is 0 Å². The van der Waals surface area contributed by atoms with Crippen LogP contribution in [-0.2, 0) is 0 Å². The van der Waals surface area contributed by atoms with Gasteiger partial charge in [0.05, 0.1) is 5.56 Å². The molecule has 0 spiro atoms. The van der Waals surface area contributed by atoms with Gasteiger partial charge in [-0.2, -0.15) is 0 Å². The molecule has 2 aromatic rings. The van der Waals surface area contributed by atoms with Gasteiger partial charge in [0.15, 0.2) is 0 Å². The SMILES string of the molecule is Cc1ccc(-c2ccc(C(=O)NC3CCNCC3)c(F)c2)cc1. The molecule has 2 N–H and O–H groups in total. The number of nitrogens with one attached hydrogen (secondary N) is 2. The first-order chi connectivity index (χ1) is 11.1. The van der Waals surface area contributed by atoms with E-state index in [9.17, 15) is 9.18 Å². The summed E-state index contributed by atoms with van der Waals surface area (Å²) in [6, 6.07) is 12.8. The maximum absolute atomic E-state index is 14.3. The van der Waals surface area contributed by atoms with Crippen molar-refractivity contribution in [3.05, 3.63) is 59.4 Å². The second-order valence-electron chi connectivity index (χ2n) is 6.06. The Morgan fingerprint density at radius 2 is 1.74 bits per heavy atom. The molecule has 1 aliphatic rings. The summed E-state index contributed by atoms with van der Waals surface area (Å²) < 4.78 is 14.3. The number of carbonyl (C=O) groups is 1. The number of hydrogen-bond donors (Lipinski definition) is 2. The lowest BCUT2D eigenvalue weighted by atomic mass is 10.0. The van der Waals surface area contributed by atoms with E-state index in [1.54, 1.807) is 12.1 Å². The zero-order chi connectivity index (χ0) is 16.2. The van der Waals surface area contributed by atoms with E-state index < -0.39 is 5.82 Å². The summed E-state index contributed by atoms with van der Waals surface area (Å²) in [5.74, 6) is -0.806. The molecule has 1 amide bonds. The zero-order valence-corrected chi connectivity index (χ0v) is 13.2. The van der Waals surface area contributed by atoms with Crippen LogP contribution in [0.5, 0.6) is 0 Å². The van der Waals surface area contributed by atoms with Crippen molar-refractivity contribution in [2.24, 2.45) is 0 Å². The van der Waals surface area contributed by atoms with E-state index in [0.29, 0.717) is 0 Å². The first-order valence-corrected chi connectivity index (χ1v) is 8.01. The van der Waals surface area contributed by atoms with E-state index in [4.69, 9.17) is 0 Å². The third-order valence-corrected chi connectivity index (χ3v) is 4.27. The van der Waals surface area contributed by atoms with Gasteiger partial charge in [-0.1, -0.05) is 35.9 Å². The Balaban J connectivity index is 1.76. The quantitative estimate of drug-likeness (QED) is 0.913. The van der Waals surface area contributed by atoms with Crippen LogP contribution in [0.25, 0.3) is 11.1 Å². The standard InChI is InChI=1S/C19H21FN2O/c1-13-2-4-14(5-3-13)15-6-7-17(18(20)12-15)19(23)22-16-8-10-21-11-9-16/h2-7,12,16,21H,8-11H2,1H3,(H,22,23). The summed E-state index contributed by atoms with van der Waals surface area (Å²) in [5, 5.41) is 6.17. The van der Waals surface area contributed by atoms with Gasteiger partial charge in [0.1, 0.15) is 5.82 Å². The summed E-state index contributed by atoms with van der Waals surface area (Å²) in [5.41, 5.74) is 2.99. The Kier molecular flexibility index (Phi) is 4.72. The Morgan fingerprint density at radius 3 is 2.39 bits per heavy atom. The molecular formula is C19H21FN2O. The first kappa shape index (κ1) is 15.7. The van der Waals surface area contributed by atoms with Crippen LogP contribution in [0.4, 0.5) is 4.39 Å². The highest BCUT2D eigenvalue weighted by molar-refractivity contribution is 5.95. The molecule has 0 bridgehead atoms. The van der Waals surface area contributed by atoms with Gasteiger partial charge in [-0.15, -0.1) is 0 Å². The van der Waals surface area contributed by atoms with Crippen molar-refractivity contribution in [3.8, 4) is 11.1 Å². The van der Waals surface area contributed by atoms with Gasteiger partial charge in [0, 0.05) is 6.04 Å². The van der Waals surface area contributed by atoms with Crippen LogP contribution in [0, 0.1) is 12.7 Å². The fourth-order valence-electron chi connectivity index (χ4n) is 2.85. The predicted molar refractivity (Wildman–Crippen MR) is 89.9 cm³/mol. The monoisotopic (exact) mass is 312 g/mol. The first-order valence-electron chi connectivity index (χ1n) is 8.01. The van der Waals surface area contributed by atoms with Crippen LogP contribution in [0.1, 0.15) is 28.8 Å². The topological polar surface area (TPSA) is 41.1 Å². The Morgan fingerprint density at radius 1 is 1.09 bits per heavy atom. The second kappa shape index (κ2) is 6.92. The van der Waals surface area contributed by atoms with Gasteiger partial charge in [-0.05, 0) is 56.1 Å². The van der Waals surface area contributed by atoms with Crippen LogP contribution >= 0.6 is 0 Å². The minimum atomic E-state index is -0.477. The molecule has 4 heteroatoms. The van der Waals surface area contributed by atoms with E-state index >= 15 is 0 Å². The highest BCUT2D eigenvalue weighted by Crippen LogP contribution is 2.22. The Hall–Kier alpha value is -2.20. The number of amides is 1. The molecule has 0 aliphatic carbocycles. The van der Waals surface area contributed by atoms with E-state index in [0.717, 1.165) is 42.6 Å². The number of hydrogen-bond acceptors (Lipinski definition) is 2. The Bertz CT molecular complexity index is 691. The number of benzene rings is 2. The number of rotatable bonds is 3. The number of aryl methyl sites for hydroxylation is 1. The number of carbonyl (C=O) groups excluding carboxylic acids is 1. The molecule has 3 rings (SSSR count). The van der Waals surface area contributed by atoms with E-state index in [1.807, 2.05) is 31.2 Å². The number of halogens is 1. The molecule has 120 valence electrons. The second-order valence-corrected chi connectivity index (χ2v) is 6.06. The molecule has 0 saturated carbocycles. The maximum atomic E-state index is 14.3. The third kappa shape index (κ3) is 3.77. The zero-order valence-electron chi connectivity index (χ0n) is 13.2. The summed E-state index contributed by atoms with van der Waals surface area (Å²) in [6.45, 7) is 3.79. The molecular weight excluding hydrogens is 291 g/mol. The van der Waals surface area contributed by atoms with Crippen LogP contribution in [-0.4, -0.2) is 25.0 Å². The largest absolute Gasteiger partial charge is 0.349 e. The van der Waals surface area contributed by atoms with Crippen molar-refractivity contribution in [2.75, 3.05) is 13.1 Å². The summed E-state index contributed by atoms with van der Waals surface area (Å²) in [4.78, 5) is 12.3.